The van der Waals surface area contributed by atoms with Crippen LogP contribution in [0.3, 0.4) is 0 Å². The number of ketones is 1. The molecule has 0 saturated carbocycles. The summed E-state index contributed by atoms with van der Waals surface area (Å²) < 4.78 is 0. The lowest BCUT2D eigenvalue weighted by molar-refractivity contribution is -0.139. The third-order valence-electron chi connectivity index (χ3n) is 3.59. The first-order valence-corrected chi connectivity index (χ1v) is 6.65. The van der Waals surface area contributed by atoms with Gasteiger partial charge in [0.15, 0.2) is 5.78 Å². The van der Waals surface area contributed by atoms with E-state index < -0.39 is 0 Å². The Bertz CT molecular complexity index is 568. The molecule has 2 aliphatic heterocycles. The fourth-order valence-corrected chi connectivity index (χ4v) is 2.58. The fraction of sp³-hybridized carbons (Fsp3) is 0.333. The summed E-state index contributed by atoms with van der Waals surface area (Å²) in [6, 6.07) is 9.45. The minimum Gasteiger partial charge on any atom is -0.293 e. The quantitative estimate of drug-likeness (QED) is 0.843. The maximum absolute atomic E-state index is 12.3. The molecule has 20 heavy (non-hydrogen) atoms. The van der Waals surface area contributed by atoms with E-state index in [9.17, 15) is 9.59 Å². The first-order valence-electron chi connectivity index (χ1n) is 6.65. The number of carbonyl (C=O) groups is 2. The molecule has 0 aromatic heterocycles. The van der Waals surface area contributed by atoms with Crippen molar-refractivity contribution in [2.45, 2.75) is 26.0 Å². The molecule has 5 heteroatoms. The van der Waals surface area contributed by atoms with Crippen molar-refractivity contribution in [2.75, 3.05) is 6.54 Å². The van der Waals surface area contributed by atoms with Gasteiger partial charge in [0.1, 0.15) is 6.61 Å². The van der Waals surface area contributed by atoms with Gasteiger partial charge in [-0.3, -0.25) is 14.5 Å². The van der Waals surface area contributed by atoms with Crippen molar-refractivity contribution in [3.05, 3.63) is 47.7 Å². The highest BCUT2D eigenvalue weighted by Crippen LogP contribution is 2.29. The average Bonchev–Trinajstić information content (AvgIpc) is 2.70. The van der Waals surface area contributed by atoms with Crippen molar-refractivity contribution in [3.8, 4) is 0 Å². The van der Waals surface area contributed by atoms with Crippen LogP contribution in [-0.2, 0) is 16.2 Å². The number of urea groups is 1. The van der Waals surface area contributed by atoms with Crippen LogP contribution in [0.4, 0.5) is 4.79 Å². The second-order valence-corrected chi connectivity index (χ2v) is 5.01. The normalized spacial score (nSPS) is 21.1. The van der Waals surface area contributed by atoms with E-state index in [0.717, 1.165) is 5.56 Å². The van der Waals surface area contributed by atoms with E-state index in [1.165, 1.54) is 16.9 Å². The minimum atomic E-state index is -0.245. The number of benzene rings is 1. The van der Waals surface area contributed by atoms with Crippen LogP contribution in [0.1, 0.15) is 18.9 Å². The maximum Gasteiger partial charge on any atom is 0.348 e. The van der Waals surface area contributed by atoms with Crippen molar-refractivity contribution in [2.24, 2.45) is 0 Å². The first kappa shape index (κ1) is 12.9. The number of hydrogen-bond acceptors (Lipinski definition) is 3. The highest BCUT2D eigenvalue weighted by Gasteiger charge is 2.43. The molecule has 0 unspecified atom stereocenters. The molecule has 5 nitrogen and oxygen atoms in total. The summed E-state index contributed by atoms with van der Waals surface area (Å²) >= 11 is 0. The fourth-order valence-electron chi connectivity index (χ4n) is 2.58. The van der Waals surface area contributed by atoms with Gasteiger partial charge in [0.05, 0.1) is 18.3 Å². The van der Waals surface area contributed by atoms with Gasteiger partial charge in [-0.1, -0.05) is 36.4 Å². The molecular formula is C15H16N2O3. The van der Waals surface area contributed by atoms with E-state index in [-0.39, 0.29) is 17.9 Å². The number of carbonyl (C=O) groups excluding carboxylic acids is 2. The Morgan fingerprint density at radius 3 is 2.80 bits per heavy atom. The van der Waals surface area contributed by atoms with Crippen molar-refractivity contribution >= 4 is 11.8 Å². The first-order chi connectivity index (χ1) is 9.66. The van der Waals surface area contributed by atoms with Gasteiger partial charge in [0.2, 0.25) is 0 Å². The van der Waals surface area contributed by atoms with E-state index in [2.05, 4.69) is 0 Å². The molecule has 1 aromatic rings. The van der Waals surface area contributed by atoms with E-state index in [4.69, 9.17) is 4.84 Å². The molecule has 1 aromatic carbocycles. The second kappa shape index (κ2) is 5.09. The Kier molecular flexibility index (Phi) is 3.28. The van der Waals surface area contributed by atoms with Crippen LogP contribution in [0.5, 0.6) is 0 Å². The summed E-state index contributed by atoms with van der Waals surface area (Å²) in [5, 5.41) is 1.40. The zero-order valence-corrected chi connectivity index (χ0v) is 11.3. The smallest absolute Gasteiger partial charge is 0.293 e. The van der Waals surface area contributed by atoms with Crippen LogP contribution < -0.4 is 0 Å². The maximum atomic E-state index is 12.3. The van der Waals surface area contributed by atoms with Crippen LogP contribution in [0.2, 0.25) is 0 Å². The summed E-state index contributed by atoms with van der Waals surface area (Å²) in [4.78, 5) is 30.9. The molecule has 1 atom stereocenters. The molecule has 2 amide bonds. The zero-order valence-electron chi connectivity index (χ0n) is 11.3. The number of Topliss-reactive ketones (excluding diaryl/α,β-unsaturated/α-hetero) is 1. The molecule has 0 N–H and O–H groups in total. The number of fused-ring (bicyclic) bond motifs is 2. The summed E-state index contributed by atoms with van der Waals surface area (Å²) in [5.74, 6) is -0.0818. The van der Waals surface area contributed by atoms with Crippen LogP contribution in [0.15, 0.2) is 42.1 Å². The van der Waals surface area contributed by atoms with Crippen molar-refractivity contribution in [3.63, 3.8) is 0 Å². The Morgan fingerprint density at radius 2 is 2.10 bits per heavy atom. The number of rotatable bonds is 4. The third kappa shape index (κ3) is 2.20. The van der Waals surface area contributed by atoms with Crippen LogP contribution >= 0.6 is 0 Å². The Labute approximate surface area is 117 Å². The van der Waals surface area contributed by atoms with Gasteiger partial charge < -0.3 is 0 Å². The number of amides is 2. The highest BCUT2D eigenvalue weighted by atomic mass is 16.7. The van der Waals surface area contributed by atoms with Gasteiger partial charge in [-0.05, 0) is 12.0 Å². The number of hydroxylamine groups is 2. The van der Waals surface area contributed by atoms with Crippen molar-refractivity contribution < 1.29 is 14.4 Å². The predicted octanol–water partition coefficient (Wildman–Crippen LogP) is 2.10. The number of allylic oxidation sites excluding steroid dienone is 1. The summed E-state index contributed by atoms with van der Waals surface area (Å²) in [5.41, 5.74) is 1.49. The van der Waals surface area contributed by atoms with Gasteiger partial charge in [0, 0.05) is 6.92 Å². The lowest BCUT2D eigenvalue weighted by Gasteiger charge is -2.21. The number of nitrogens with zero attached hydrogens (tertiary/aromatic N) is 2. The molecule has 0 aliphatic carbocycles. The van der Waals surface area contributed by atoms with Gasteiger partial charge in [-0.25, -0.2) is 4.79 Å². The zero-order chi connectivity index (χ0) is 14.1. The summed E-state index contributed by atoms with van der Waals surface area (Å²) in [7, 11) is 0. The lowest BCUT2D eigenvalue weighted by Crippen LogP contribution is -2.33. The van der Waals surface area contributed by atoms with Crippen LogP contribution in [-0.4, -0.2) is 34.4 Å². The number of hydrogen-bond donors (Lipinski definition) is 0. The molecule has 0 radical (unpaired) electrons. The third-order valence-corrected chi connectivity index (χ3v) is 3.59. The molecule has 2 bridgehead atoms. The highest BCUT2D eigenvalue weighted by molar-refractivity contribution is 5.98. The SMILES string of the molecule is CC(=O)C1=CC[C@@H]2CN1C(=O)N2OCc1ccccc1. The van der Waals surface area contributed by atoms with E-state index in [1.807, 2.05) is 36.4 Å². The van der Waals surface area contributed by atoms with Gasteiger partial charge >= 0.3 is 6.03 Å². The largest absolute Gasteiger partial charge is 0.348 e. The van der Waals surface area contributed by atoms with Crippen molar-refractivity contribution in [1.29, 1.82) is 0 Å². The molecule has 0 spiro atoms. The molecular weight excluding hydrogens is 256 g/mol. The molecule has 2 aliphatic rings. The average molecular weight is 272 g/mol. The van der Waals surface area contributed by atoms with E-state index >= 15 is 0 Å². The lowest BCUT2D eigenvalue weighted by atomic mass is 10.1. The Morgan fingerprint density at radius 1 is 1.35 bits per heavy atom. The molecule has 1 saturated heterocycles. The monoisotopic (exact) mass is 272 g/mol. The van der Waals surface area contributed by atoms with Gasteiger partial charge in [-0.2, -0.15) is 5.06 Å². The molecule has 3 rings (SSSR count). The standard InChI is InChI=1S/C15H16N2O3/c1-11(18)14-8-7-13-9-16(14)15(19)17(13)20-10-12-5-3-2-4-6-12/h2-6,8,13H,7,9-10H2,1H3/t13-/m1/s1. The van der Waals surface area contributed by atoms with Crippen molar-refractivity contribution in [1.82, 2.24) is 9.96 Å². The predicted molar refractivity (Wildman–Crippen MR) is 72.3 cm³/mol. The molecule has 104 valence electrons. The van der Waals surface area contributed by atoms with Gasteiger partial charge in [-0.15, -0.1) is 0 Å². The summed E-state index contributed by atoms with van der Waals surface area (Å²) in [6.45, 7) is 2.36. The van der Waals surface area contributed by atoms with Crippen LogP contribution in [0.25, 0.3) is 0 Å². The van der Waals surface area contributed by atoms with Gasteiger partial charge in [0.25, 0.3) is 0 Å². The Balaban J connectivity index is 1.69. The Hall–Kier alpha value is -2.14. The second-order valence-electron chi connectivity index (χ2n) is 5.01. The van der Waals surface area contributed by atoms with E-state index in [0.29, 0.717) is 25.3 Å². The van der Waals surface area contributed by atoms with Crippen LogP contribution in [0, 0.1) is 0 Å². The summed E-state index contributed by atoms with van der Waals surface area (Å²) in [6.07, 6.45) is 2.48. The molecule has 1 fully saturated rings. The topological polar surface area (TPSA) is 49.9 Å². The molecule has 2 heterocycles. The minimum absolute atomic E-state index is 0.00527. The van der Waals surface area contributed by atoms with E-state index in [1.54, 1.807) is 0 Å².